The van der Waals surface area contributed by atoms with E-state index in [9.17, 15) is 19.1 Å². The van der Waals surface area contributed by atoms with Crippen LogP contribution in [0.25, 0.3) is 11.4 Å². The van der Waals surface area contributed by atoms with Crippen molar-refractivity contribution >= 4 is 24.2 Å². The van der Waals surface area contributed by atoms with Crippen molar-refractivity contribution in [2.75, 3.05) is 6.54 Å². The van der Waals surface area contributed by atoms with E-state index in [2.05, 4.69) is 15.4 Å². The number of carbonyl (C=O) groups is 2. The summed E-state index contributed by atoms with van der Waals surface area (Å²) in [5, 5.41) is 16.9. The first-order valence-corrected chi connectivity index (χ1v) is 10.6. The quantitative estimate of drug-likeness (QED) is 0.593. The molecule has 3 rings (SSSR count). The number of nitrogens with two attached hydrogens (primary N) is 1. The minimum atomic E-state index is -0.802. The molecule has 0 bridgehead atoms. The number of rotatable bonds is 5. The highest BCUT2D eigenvalue weighted by Crippen LogP contribution is 2.26. The molecule has 4 N–H and O–H groups in total. The molecule has 1 aliphatic rings. The minimum Gasteiger partial charge on any atom is -0.391 e. The van der Waals surface area contributed by atoms with Gasteiger partial charge in [-0.1, -0.05) is 26.8 Å². The first-order valence-electron chi connectivity index (χ1n) is 10.6. The summed E-state index contributed by atoms with van der Waals surface area (Å²) in [6.45, 7) is 7.42. The van der Waals surface area contributed by atoms with Gasteiger partial charge in [0.25, 0.3) is 0 Å². The predicted octanol–water partition coefficient (Wildman–Crippen LogP) is 1.56. The van der Waals surface area contributed by atoms with Crippen LogP contribution in [0.15, 0.2) is 24.5 Å². The lowest BCUT2D eigenvalue weighted by Gasteiger charge is -2.32. The van der Waals surface area contributed by atoms with Gasteiger partial charge >= 0.3 is 0 Å². The molecule has 2 aromatic rings. The second-order valence-electron chi connectivity index (χ2n) is 9.41. The molecule has 33 heavy (non-hydrogen) atoms. The zero-order valence-corrected chi connectivity index (χ0v) is 20.3. The molecule has 0 aliphatic carbocycles. The second-order valence-corrected chi connectivity index (χ2v) is 9.41. The van der Waals surface area contributed by atoms with Crippen molar-refractivity contribution in [2.24, 2.45) is 18.2 Å². The van der Waals surface area contributed by atoms with Crippen LogP contribution in [0.3, 0.4) is 0 Å². The van der Waals surface area contributed by atoms with Crippen LogP contribution in [0.1, 0.15) is 45.7 Å². The molecule has 11 heteroatoms. The summed E-state index contributed by atoms with van der Waals surface area (Å²) < 4.78 is 15.3. The van der Waals surface area contributed by atoms with Crippen molar-refractivity contribution in [3.63, 3.8) is 0 Å². The number of pyridine rings is 1. The van der Waals surface area contributed by atoms with Crippen LogP contribution in [0.5, 0.6) is 0 Å². The monoisotopic (exact) mass is 482 g/mol. The van der Waals surface area contributed by atoms with Gasteiger partial charge in [0.2, 0.25) is 11.8 Å². The Balaban J connectivity index is 0.00000385. The summed E-state index contributed by atoms with van der Waals surface area (Å²) in [6, 6.07) is 1.41. The number of amides is 2. The molecule has 0 radical (unpaired) electrons. The predicted molar refractivity (Wildman–Crippen MR) is 124 cm³/mol. The number of nitrogens with zero attached hydrogens (tertiary/aromatic N) is 4. The van der Waals surface area contributed by atoms with Crippen molar-refractivity contribution in [3.05, 3.63) is 35.9 Å². The van der Waals surface area contributed by atoms with Gasteiger partial charge in [-0.3, -0.25) is 19.3 Å². The number of β-amino-alcohol motifs (C(OH)–C–C–N with tert-alkyl or cyclic N) is 1. The number of nitrogens with one attached hydrogen (secondary N) is 1. The highest BCUT2D eigenvalue weighted by atomic mass is 35.5. The van der Waals surface area contributed by atoms with Gasteiger partial charge in [-0.2, -0.15) is 5.10 Å². The maximum absolute atomic E-state index is 13.9. The van der Waals surface area contributed by atoms with E-state index in [1.54, 1.807) is 32.3 Å². The molecule has 3 heterocycles. The first-order chi connectivity index (χ1) is 14.9. The minimum absolute atomic E-state index is 0. The number of likely N-dealkylation sites (tertiary alicyclic amines) is 1. The fraction of sp³-hybridized carbons (Fsp3) is 0.545. The average molecular weight is 483 g/mol. The summed E-state index contributed by atoms with van der Waals surface area (Å²) in [4.78, 5) is 31.5. The molecular weight excluding hydrogens is 451 g/mol. The largest absolute Gasteiger partial charge is 0.391 e. The van der Waals surface area contributed by atoms with Gasteiger partial charge < -0.3 is 21.1 Å². The maximum atomic E-state index is 13.9. The zero-order valence-electron chi connectivity index (χ0n) is 19.4. The standard InChI is InChI=1S/C22H31FN6O3.ClH/c1-12(13-6-7-16(25-9-13)18-15(23)10-26-28(18)5)27-20(31)17-8-14(30)11-29(17)21(32)19(24)22(2,3)4;/h6-7,9-10,12,14,17,19,30H,8,11,24H2,1-5H3,(H,27,31);1H/t12-,14+,17-,19+;/m0./s1. The number of aromatic nitrogens is 3. The van der Waals surface area contributed by atoms with E-state index in [0.29, 0.717) is 11.3 Å². The first kappa shape index (κ1) is 26.7. The fourth-order valence-corrected chi connectivity index (χ4v) is 3.75. The Morgan fingerprint density at radius 3 is 2.48 bits per heavy atom. The Kier molecular flexibility index (Phi) is 8.21. The van der Waals surface area contributed by atoms with E-state index in [4.69, 9.17) is 5.73 Å². The molecule has 0 unspecified atom stereocenters. The molecule has 1 fully saturated rings. The van der Waals surface area contributed by atoms with E-state index in [1.165, 1.54) is 9.58 Å². The van der Waals surface area contributed by atoms with Gasteiger partial charge in [0, 0.05) is 26.2 Å². The lowest BCUT2D eigenvalue weighted by Crippen LogP contribution is -2.55. The molecule has 0 saturated carbocycles. The fourth-order valence-electron chi connectivity index (χ4n) is 3.75. The Morgan fingerprint density at radius 1 is 1.30 bits per heavy atom. The summed E-state index contributed by atoms with van der Waals surface area (Å²) in [5.74, 6) is -1.19. The smallest absolute Gasteiger partial charge is 0.243 e. The highest BCUT2D eigenvalue weighted by molar-refractivity contribution is 5.91. The van der Waals surface area contributed by atoms with Crippen molar-refractivity contribution in [3.8, 4) is 11.4 Å². The number of hydrogen-bond donors (Lipinski definition) is 3. The van der Waals surface area contributed by atoms with E-state index < -0.39 is 35.5 Å². The number of aryl methyl sites for hydroxylation is 1. The highest BCUT2D eigenvalue weighted by Gasteiger charge is 2.42. The summed E-state index contributed by atoms with van der Waals surface area (Å²) in [7, 11) is 1.63. The lowest BCUT2D eigenvalue weighted by atomic mass is 9.86. The third-order valence-electron chi connectivity index (χ3n) is 5.85. The Hall–Kier alpha value is -2.56. The maximum Gasteiger partial charge on any atom is 0.243 e. The summed E-state index contributed by atoms with van der Waals surface area (Å²) in [6.07, 6.45) is 2.06. The molecule has 1 saturated heterocycles. The SMILES string of the molecule is C[C@H](NC(=O)[C@@H]1C[C@@H](O)CN1C(=O)[C@@H](N)C(C)(C)C)c1ccc(-c2c(F)cnn2C)nc1.Cl. The van der Waals surface area contributed by atoms with Crippen molar-refractivity contribution in [1.29, 1.82) is 0 Å². The third kappa shape index (κ3) is 5.69. The van der Waals surface area contributed by atoms with Crippen LogP contribution < -0.4 is 11.1 Å². The molecule has 0 spiro atoms. The molecule has 2 amide bonds. The second kappa shape index (κ2) is 10.1. The Bertz CT molecular complexity index is 972. The number of hydrogen-bond acceptors (Lipinski definition) is 6. The zero-order chi connectivity index (χ0) is 23.8. The lowest BCUT2D eigenvalue weighted by molar-refractivity contribution is -0.141. The van der Waals surface area contributed by atoms with Gasteiger partial charge in [-0.05, 0) is 24.0 Å². The molecule has 1 aliphatic heterocycles. The van der Waals surface area contributed by atoms with Crippen molar-refractivity contribution in [1.82, 2.24) is 25.0 Å². The number of aliphatic hydroxyl groups is 1. The molecular formula is C22H32ClFN6O3. The van der Waals surface area contributed by atoms with Crippen molar-refractivity contribution in [2.45, 2.75) is 58.3 Å². The number of aliphatic hydroxyl groups excluding tert-OH is 1. The van der Waals surface area contributed by atoms with E-state index in [0.717, 1.165) is 6.20 Å². The Labute approximate surface area is 199 Å². The molecule has 2 aromatic heterocycles. The molecule has 4 atom stereocenters. The molecule has 9 nitrogen and oxygen atoms in total. The average Bonchev–Trinajstić information content (AvgIpc) is 3.28. The molecule has 182 valence electrons. The summed E-state index contributed by atoms with van der Waals surface area (Å²) >= 11 is 0. The van der Waals surface area contributed by atoms with E-state index in [-0.39, 0.29) is 42.9 Å². The van der Waals surface area contributed by atoms with Gasteiger partial charge in [0.15, 0.2) is 5.82 Å². The number of halogens is 2. The topological polar surface area (TPSA) is 126 Å². The van der Waals surface area contributed by atoms with Crippen LogP contribution in [-0.4, -0.2) is 61.3 Å². The normalized spacial score (nSPS) is 20.2. The third-order valence-corrected chi connectivity index (χ3v) is 5.85. The van der Waals surface area contributed by atoms with E-state index in [1.807, 2.05) is 20.8 Å². The van der Waals surface area contributed by atoms with Crippen LogP contribution in [0, 0.1) is 11.2 Å². The van der Waals surface area contributed by atoms with Crippen LogP contribution in [0.2, 0.25) is 0 Å². The van der Waals surface area contributed by atoms with Gasteiger partial charge in [-0.25, -0.2) is 4.39 Å². The number of carbonyl (C=O) groups excluding carboxylic acids is 2. The van der Waals surface area contributed by atoms with Gasteiger partial charge in [0.1, 0.15) is 11.7 Å². The summed E-state index contributed by atoms with van der Waals surface area (Å²) in [5.41, 5.74) is 7.05. The van der Waals surface area contributed by atoms with Crippen LogP contribution in [-0.2, 0) is 16.6 Å². The van der Waals surface area contributed by atoms with Crippen LogP contribution >= 0.6 is 12.4 Å². The van der Waals surface area contributed by atoms with E-state index >= 15 is 0 Å². The van der Waals surface area contributed by atoms with Gasteiger partial charge in [0.05, 0.1) is 30.1 Å². The Morgan fingerprint density at radius 2 is 1.97 bits per heavy atom. The van der Waals surface area contributed by atoms with Crippen LogP contribution in [0.4, 0.5) is 4.39 Å². The molecule has 0 aromatic carbocycles. The van der Waals surface area contributed by atoms with Crippen molar-refractivity contribution < 1.29 is 19.1 Å². The van der Waals surface area contributed by atoms with Gasteiger partial charge in [-0.15, -0.1) is 12.4 Å².